The largest absolute Gasteiger partial charge is 0.491 e. The van der Waals surface area contributed by atoms with Gasteiger partial charge in [-0.2, -0.15) is 0 Å². The van der Waals surface area contributed by atoms with E-state index in [4.69, 9.17) is 4.74 Å². The van der Waals surface area contributed by atoms with Crippen molar-refractivity contribution in [3.8, 4) is 5.75 Å². The van der Waals surface area contributed by atoms with Crippen LogP contribution in [0.15, 0.2) is 24.3 Å². The molecular formula is C17H25NO3. The quantitative estimate of drug-likeness (QED) is 0.845. The number of aliphatic hydroxyl groups excluding tert-OH is 1. The molecule has 21 heavy (non-hydrogen) atoms. The lowest BCUT2D eigenvalue weighted by molar-refractivity contribution is -0.120. The molecule has 0 spiro atoms. The Labute approximate surface area is 126 Å². The van der Waals surface area contributed by atoms with Crippen LogP contribution in [0.4, 0.5) is 0 Å². The first-order valence-corrected chi connectivity index (χ1v) is 7.75. The van der Waals surface area contributed by atoms with Crippen molar-refractivity contribution < 1.29 is 14.6 Å². The molecule has 1 aromatic rings. The van der Waals surface area contributed by atoms with Crippen LogP contribution in [-0.2, 0) is 11.2 Å². The molecule has 1 aliphatic rings. The highest BCUT2D eigenvalue weighted by molar-refractivity contribution is 5.78. The van der Waals surface area contributed by atoms with Crippen LogP contribution in [0, 0.1) is 5.92 Å². The highest BCUT2D eigenvalue weighted by Crippen LogP contribution is 2.24. The molecule has 0 aliphatic heterocycles. The number of hydrogen-bond acceptors (Lipinski definition) is 3. The van der Waals surface area contributed by atoms with E-state index in [0.717, 1.165) is 30.6 Å². The minimum atomic E-state index is -0.256. The standard InChI is InChI=1S/C17H25NO3/c1-12(2)21-15-7-3-5-13(9-15)10-17(20)18-11-14-6-4-8-16(14)19/h3,5,7,9,12,14,16,19H,4,6,8,10-11H2,1-2H3,(H,18,20)/t14-,16+/m0/s1. The summed E-state index contributed by atoms with van der Waals surface area (Å²) in [5, 5.41) is 12.7. The average Bonchev–Trinajstić information content (AvgIpc) is 2.81. The molecule has 1 fully saturated rings. The van der Waals surface area contributed by atoms with E-state index in [-0.39, 0.29) is 24.0 Å². The lowest BCUT2D eigenvalue weighted by Gasteiger charge is -2.15. The van der Waals surface area contributed by atoms with Gasteiger partial charge in [0.05, 0.1) is 18.6 Å². The molecule has 2 N–H and O–H groups in total. The third-order valence-electron chi connectivity index (χ3n) is 3.82. The molecule has 0 radical (unpaired) electrons. The summed E-state index contributed by atoms with van der Waals surface area (Å²) < 4.78 is 5.63. The van der Waals surface area contributed by atoms with Crippen LogP contribution < -0.4 is 10.1 Å². The van der Waals surface area contributed by atoms with E-state index in [0.29, 0.717) is 13.0 Å². The first kappa shape index (κ1) is 15.8. The Morgan fingerprint density at radius 2 is 2.24 bits per heavy atom. The van der Waals surface area contributed by atoms with E-state index in [1.807, 2.05) is 38.1 Å². The van der Waals surface area contributed by atoms with Crippen LogP contribution >= 0.6 is 0 Å². The maximum absolute atomic E-state index is 12.0. The smallest absolute Gasteiger partial charge is 0.224 e. The molecule has 1 saturated carbocycles. The number of carbonyl (C=O) groups is 1. The van der Waals surface area contributed by atoms with Gasteiger partial charge < -0.3 is 15.2 Å². The Kier molecular flexibility index (Phi) is 5.62. The van der Waals surface area contributed by atoms with Gasteiger partial charge in [-0.05, 0) is 44.4 Å². The number of hydrogen-bond donors (Lipinski definition) is 2. The number of carbonyl (C=O) groups excluding carboxylic acids is 1. The zero-order chi connectivity index (χ0) is 15.2. The van der Waals surface area contributed by atoms with Crippen LogP contribution in [-0.4, -0.2) is 29.8 Å². The second kappa shape index (κ2) is 7.46. The third-order valence-corrected chi connectivity index (χ3v) is 3.82. The lowest BCUT2D eigenvalue weighted by Crippen LogP contribution is -2.33. The number of aliphatic hydroxyl groups is 1. The van der Waals surface area contributed by atoms with Crippen LogP contribution in [0.25, 0.3) is 0 Å². The molecule has 116 valence electrons. The first-order valence-electron chi connectivity index (χ1n) is 7.75. The van der Waals surface area contributed by atoms with Crippen molar-refractivity contribution in [2.45, 2.75) is 51.7 Å². The Morgan fingerprint density at radius 3 is 2.90 bits per heavy atom. The van der Waals surface area contributed by atoms with E-state index in [1.165, 1.54) is 0 Å². The van der Waals surface area contributed by atoms with Crippen molar-refractivity contribution in [3.63, 3.8) is 0 Å². The molecule has 2 atom stereocenters. The van der Waals surface area contributed by atoms with E-state index in [1.54, 1.807) is 0 Å². The number of benzene rings is 1. The van der Waals surface area contributed by atoms with Gasteiger partial charge in [0.15, 0.2) is 0 Å². The zero-order valence-electron chi connectivity index (χ0n) is 12.8. The van der Waals surface area contributed by atoms with Crippen molar-refractivity contribution in [3.05, 3.63) is 29.8 Å². The highest BCUT2D eigenvalue weighted by atomic mass is 16.5. The fourth-order valence-corrected chi connectivity index (χ4v) is 2.75. The van der Waals surface area contributed by atoms with Crippen LogP contribution in [0.3, 0.4) is 0 Å². The number of ether oxygens (including phenoxy) is 1. The van der Waals surface area contributed by atoms with Crippen molar-refractivity contribution in [2.75, 3.05) is 6.54 Å². The predicted octanol–water partition coefficient (Wildman–Crippen LogP) is 2.29. The van der Waals surface area contributed by atoms with Gasteiger partial charge >= 0.3 is 0 Å². The number of nitrogens with one attached hydrogen (secondary N) is 1. The molecular weight excluding hydrogens is 266 g/mol. The topological polar surface area (TPSA) is 58.6 Å². The fraction of sp³-hybridized carbons (Fsp3) is 0.588. The molecule has 0 saturated heterocycles. The van der Waals surface area contributed by atoms with Gasteiger partial charge in [-0.25, -0.2) is 0 Å². The maximum atomic E-state index is 12.0. The summed E-state index contributed by atoms with van der Waals surface area (Å²) in [5.74, 6) is 1.00. The second-order valence-electron chi connectivity index (χ2n) is 6.05. The monoisotopic (exact) mass is 291 g/mol. The zero-order valence-corrected chi connectivity index (χ0v) is 12.8. The minimum Gasteiger partial charge on any atom is -0.491 e. The van der Waals surface area contributed by atoms with Gasteiger partial charge in [0.25, 0.3) is 0 Å². The van der Waals surface area contributed by atoms with E-state index in [9.17, 15) is 9.90 Å². The molecule has 0 heterocycles. The van der Waals surface area contributed by atoms with Crippen LogP contribution in [0.1, 0.15) is 38.7 Å². The van der Waals surface area contributed by atoms with Crippen LogP contribution in [0.2, 0.25) is 0 Å². The molecule has 4 nitrogen and oxygen atoms in total. The van der Waals surface area contributed by atoms with Crippen molar-refractivity contribution in [1.29, 1.82) is 0 Å². The Hall–Kier alpha value is -1.55. The van der Waals surface area contributed by atoms with Gasteiger partial charge in [0.1, 0.15) is 5.75 Å². The summed E-state index contributed by atoms with van der Waals surface area (Å²) in [6.45, 7) is 4.53. The summed E-state index contributed by atoms with van der Waals surface area (Å²) in [6, 6.07) is 7.64. The summed E-state index contributed by atoms with van der Waals surface area (Å²) in [7, 11) is 0. The summed E-state index contributed by atoms with van der Waals surface area (Å²) in [4.78, 5) is 12.0. The molecule has 0 bridgehead atoms. The summed E-state index contributed by atoms with van der Waals surface area (Å²) in [5.41, 5.74) is 0.942. The first-order chi connectivity index (χ1) is 10.0. The second-order valence-corrected chi connectivity index (χ2v) is 6.05. The molecule has 1 amide bonds. The number of rotatable bonds is 6. The highest BCUT2D eigenvalue weighted by Gasteiger charge is 2.25. The number of amides is 1. The maximum Gasteiger partial charge on any atom is 0.224 e. The minimum absolute atomic E-state index is 0.00389. The third kappa shape index (κ3) is 5.05. The Bertz CT molecular complexity index is 473. The van der Waals surface area contributed by atoms with Gasteiger partial charge in [-0.3, -0.25) is 4.79 Å². The SMILES string of the molecule is CC(C)Oc1cccc(CC(=O)NC[C@@H]2CCC[C@H]2O)c1. The van der Waals surface area contributed by atoms with Crippen LogP contribution in [0.5, 0.6) is 5.75 Å². The van der Waals surface area contributed by atoms with Crippen molar-refractivity contribution in [1.82, 2.24) is 5.32 Å². The molecule has 0 unspecified atom stereocenters. The lowest BCUT2D eigenvalue weighted by atomic mass is 10.1. The van der Waals surface area contributed by atoms with Crippen molar-refractivity contribution in [2.24, 2.45) is 5.92 Å². The van der Waals surface area contributed by atoms with E-state index >= 15 is 0 Å². The summed E-state index contributed by atoms with van der Waals surface area (Å²) >= 11 is 0. The van der Waals surface area contributed by atoms with Gasteiger partial charge in [-0.15, -0.1) is 0 Å². The van der Waals surface area contributed by atoms with Crippen molar-refractivity contribution >= 4 is 5.91 Å². The Balaban J connectivity index is 1.81. The predicted molar refractivity (Wildman–Crippen MR) is 82.3 cm³/mol. The molecule has 1 aliphatic carbocycles. The molecule has 4 heteroatoms. The molecule has 0 aromatic heterocycles. The van der Waals surface area contributed by atoms with Gasteiger partial charge in [-0.1, -0.05) is 18.6 Å². The normalized spacial score (nSPS) is 21.5. The average molecular weight is 291 g/mol. The van der Waals surface area contributed by atoms with E-state index < -0.39 is 0 Å². The molecule has 2 rings (SSSR count). The van der Waals surface area contributed by atoms with E-state index in [2.05, 4.69) is 5.32 Å². The summed E-state index contributed by atoms with van der Waals surface area (Å²) in [6.07, 6.45) is 3.12. The van der Waals surface area contributed by atoms with Gasteiger partial charge in [0.2, 0.25) is 5.91 Å². The van der Waals surface area contributed by atoms with Gasteiger partial charge in [0, 0.05) is 12.5 Å². The fourth-order valence-electron chi connectivity index (χ4n) is 2.75. The molecule has 1 aromatic carbocycles. The Morgan fingerprint density at radius 1 is 1.43 bits per heavy atom.